The van der Waals surface area contributed by atoms with Crippen LogP contribution in [0.2, 0.25) is 0 Å². The van der Waals surface area contributed by atoms with Crippen LogP contribution in [0.5, 0.6) is 0 Å². The van der Waals surface area contributed by atoms with Gasteiger partial charge in [0.1, 0.15) is 5.82 Å². The number of fused-ring (bicyclic) bond motifs is 2. The van der Waals surface area contributed by atoms with Gasteiger partial charge >= 0.3 is 0 Å². The van der Waals surface area contributed by atoms with Crippen LogP contribution in [0.3, 0.4) is 0 Å². The minimum atomic E-state index is -0.485. The summed E-state index contributed by atoms with van der Waals surface area (Å²) in [6.07, 6.45) is 3.41. The summed E-state index contributed by atoms with van der Waals surface area (Å²) in [6, 6.07) is 19.3. The number of amides is 2. The first-order valence-corrected chi connectivity index (χ1v) is 13.7. The molecule has 8 heteroatoms. The summed E-state index contributed by atoms with van der Waals surface area (Å²) in [6.45, 7) is 2.85. The number of methoxy groups -OCH3 is 1. The molecule has 4 aromatic rings. The number of piperidine rings is 1. The van der Waals surface area contributed by atoms with Crippen molar-refractivity contribution >= 4 is 33.6 Å². The van der Waals surface area contributed by atoms with Crippen LogP contribution in [-0.4, -0.2) is 59.1 Å². The first-order valence-electron chi connectivity index (χ1n) is 13.7. The van der Waals surface area contributed by atoms with Gasteiger partial charge < -0.3 is 25.7 Å². The number of rotatable bonds is 10. The van der Waals surface area contributed by atoms with Gasteiger partial charge in [-0.15, -0.1) is 0 Å². The fourth-order valence-electron chi connectivity index (χ4n) is 5.90. The molecule has 0 unspecified atom stereocenters. The summed E-state index contributed by atoms with van der Waals surface area (Å²) in [7, 11) is 1.72. The van der Waals surface area contributed by atoms with Gasteiger partial charge in [-0.2, -0.15) is 0 Å². The number of para-hydroxylation sites is 2. The SMILES string of the molecule is COCCCn1c([C@@H]2CCCN(C(=O)C[C@@H](N)Cc3c(C(N)=O)ccc4ccccc34)C2)nc2ccccc21. The van der Waals surface area contributed by atoms with Gasteiger partial charge in [0, 0.05) is 57.3 Å². The molecule has 3 aromatic carbocycles. The molecule has 0 spiro atoms. The number of hydrogen-bond acceptors (Lipinski definition) is 5. The van der Waals surface area contributed by atoms with Gasteiger partial charge in [0.15, 0.2) is 0 Å². The average Bonchev–Trinajstić information content (AvgIpc) is 3.32. The van der Waals surface area contributed by atoms with Gasteiger partial charge in [0.05, 0.1) is 11.0 Å². The molecule has 1 fully saturated rings. The van der Waals surface area contributed by atoms with Gasteiger partial charge in [-0.1, -0.05) is 42.5 Å². The van der Waals surface area contributed by atoms with Crippen molar-refractivity contribution in [2.75, 3.05) is 26.8 Å². The third-order valence-corrected chi connectivity index (χ3v) is 7.76. The van der Waals surface area contributed by atoms with Gasteiger partial charge in [-0.3, -0.25) is 9.59 Å². The second kappa shape index (κ2) is 12.0. The zero-order valence-corrected chi connectivity index (χ0v) is 22.5. The lowest BCUT2D eigenvalue weighted by atomic mass is 9.92. The first kappa shape index (κ1) is 26.8. The summed E-state index contributed by atoms with van der Waals surface area (Å²) >= 11 is 0. The summed E-state index contributed by atoms with van der Waals surface area (Å²) in [5.74, 6) is 0.751. The van der Waals surface area contributed by atoms with E-state index < -0.39 is 11.9 Å². The molecule has 1 aliphatic rings. The van der Waals surface area contributed by atoms with Gasteiger partial charge in [0.25, 0.3) is 0 Å². The number of primary amides is 1. The standard InChI is InChI=1S/C31H37N5O3/c1-39-17-7-16-36-28-12-5-4-11-27(28)34-31(36)22-9-6-15-35(20-22)29(37)19-23(32)18-26-24-10-3-2-8-21(24)13-14-25(26)30(33)38/h2-5,8,10-14,22-23H,6-7,9,15-20,32H2,1H3,(H2,33,38)/t22-,23+/m1/s1. The first-order chi connectivity index (χ1) is 19.0. The minimum Gasteiger partial charge on any atom is -0.385 e. The Morgan fingerprint density at radius 3 is 2.72 bits per heavy atom. The Morgan fingerprint density at radius 1 is 1.10 bits per heavy atom. The highest BCUT2D eigenvalue weighted by molar-refractivity contribution is 6.00. The lowest BCUT2D eigenvalue weighted by molar-refractivity contribution is -0.132. The van der Waals surface area contributed by atoms with Crippen LogP contribution >= 0.6 is 0 Å². The molecule has 2 amide bonds. The largest absolute Gasteiger partial charge is 0.385 e. The monoisotopic (exact) mass is 527 g/mol. The van der Waals surface area contributed by atoms with Crippen molar-refractivity contribution in [1.82, 2.24) is 14.5 Å². The van der Waals surface area contributed by atoms with E-state index in [-0.39, 0.29) is 18.2 Å². The highest BCUT2D eigenvalue weighted by Crippen LogP contribution is 2.30. The molecule has 204 valence electrons. The summed E-state index contributed by atoms with van der Waals surface area (Å²) in [5.41, 5.74) is 15.6. The Morgan fingerprint density at radius 2 is 1.90 bits per heavy atom. The van der Waals surface area contributed by atoms with E-state index in [2.05, 4.69) is 10.6 Å². The van der Waals surface area contributed by atoms with Crippen molar-refractivity contribution in [2.24, 2.45) is 11.5 Å². The molecule has 1 aromatic heterocycles. The lowest BCUT2D eigenvalue weighted by Crippen LogP contribution is -2.42. The summed E-state index contributed by atoms with van der Waals surface area (Å²) in [5, 5.41) is 1.96. The number of aryl methyl sites for hydroxylation is 1. The van der Waals surface area contributed by atoms with E-state index in [0.717, 1.165) is 59.0 Å². The third kappa shape index (κ3) is 5.82. The number of carbonyl (C=O) groups excluding carboxylic acids is 2. The Hall–Kier alpha value is -3.75. The fraction of sp³-hybridized carbons (Fsp3) is 0.387. The van der Waals surface area contributed by atoms with E-state index in [1.165, 1.54) is 0 Å². The van der Waals surface area contributed by atoms with Crippen LogP contribution in [0, 0.1) is 0 Å². The predicted octanol–water partition coefficient (Wildman–Crippen LogP) is 3.99. The molecule has 5 rings (SSSR count). The Kier molecular flexibility index (Phi) is 8.24. The van der Waals surface area contributed by atoms with Gasteiger partial charge in [-0.25, -0.2) is 4.98 Å². The maximum absolute atomic E-state index is 13.4. The Bertz CT molecular complexity index is 1480. The quantitative estimate of drug-likeness (QED) is 0.303. The average molecular weight is 528 g/mol. The van der Waals surface area contributed by atoms with E-state index in [0.29, 0.717) is 31.7 Å². The van der Waals surface area contributed by atoms with Crippen molar-refractivity contribution < 1.29 is 14.3 Å². The molecule has 0 radical (unpaired) electrons. The van der Waals surface area contributed by atoms with Gasteiger partial charge in [-0.05, 0) is 60.2 Å². The van der Waals surface area contributed by atoms with E-state index in [1.54, 1.807) is 13.2 Å². The number of carbonyl (C=O) groups is 2. The molecule has 0 saturated carbocycles. The maximum atomic E-state index is 13.4. The Balaban J connectivity index is 1.31. The number of nitrogens with two attached hydrogens (primary N) is 2. The number of imidazole rings is 1. The molecule has 2 atom stereocenters. The van der Waals surface area contributed by atoms with Crippen molar-refractivity contribution in [3.8, 4) is 0 Å². The minimum absolute atomic E-state index is 0.0371. The normalized spacial score (nSPS) is 16.6. The molecule has 1 aliphatic heterocycles. The van der Waals surface area contributed by atoms with E-state index in [1.807, 2.05) is 53.4 Å². The van der Waals surface area contributed by atoms with Crippen molar-refractivity contribution in [1.29, 1.82) is 0 Å². The number of likely N-dealkylation sites (tertiary alicyclic amines) is 1. The van der Waals surface area contributed by atoms with Crippen LogP contribution in [0.25, 0.3) is 21.8 Å². The van der Waals surface area contributed by atoms with E-state index in [9.17, 15) is 9.59 Å². The van der Waals surface area contributed by atoms with E-state index in [4.69, 9.17) is 21.2 Å². The lowest BCUT2D eigenvalue weighted by Gasteiger charge is -2.33. The second-order valence-electron chi connectivity index (χ2n) is 10.5. The number of ether oxygens (including phenoxy) is 1. The van der Waals surface area contributed by atoms with Crippen molar-refractivity contribution in [3.63, 3.8) is 0 Å². The maximum Gasteiger partial charge on any atom is 0.248 e. The van der Waals surface area contributed by atoms with Crippen molar-refractivity contribution in [3.05, 3.63) is 77.6 Å². The number of hydrogen-bond donors (Lipinski definition) is 2. The molecule has 0 bridgehead atoms. The zero-order chi connectivity index (χ0) is 27.4. The van der Waals surface area contributed by atoms with Crippen molar-refractivity contribution in [2.45, 2.75) is 50.6 Å². The van der Waals surface area contributed by atoms with E-state index >= 15 is 0 Å². The number of nitrogens with zero attached hydrogens (tertiary/aromatic N) is 3. The number of benzene rings is 3. The molecular formula is C31H37N5O3. The predicted molar refractivity (Wildman–Crippen MR) is 154 cm³/mol. The van der Waals surface area contributed by atoms with Gasteiger partial charge in [0.2, 0.25) is 11.8 Å². The molecule has 1 saturated heterocycles. The third-order valence-electron chi connectivity index (χ3n) is 7.76. The highest BCUT2D eigenvalue weighted by atomic mass is 16.5. The van der Waals surface area contributed by atoms with Crippen LogP contribution in [0.4, 0.5) is 0 Å². The molecule has 2 heterocycles. The summed E-state index contributed by atoms with van der Waals surface area (Å²) in [4.78, 5) is 32.5. The Labute approximate surface area is 228 Å². The molecular weight excluding hydrogens is 490 g/mol. The van der Waals surface area contributed by atoms with Crippen LogP contribution in [-0.2, 0) is 22.5 Å². The number of aromatic nitrogens is 2. The smallest absolute Gasteiger partial charge is 0.248 e. The highest BCUT2D eigenvalue weighted by Gasteiger charge is 2.29. The molecule has 39 heavy (non-hydrogen) atoms. The van der Waals surface area contributed by atoms with Crippen LogP contribution in [0.1, 0.15) is 53.3 Å². The van der Waals surface area contributed by atoms with Crippen LogP contribution < -0.4 is 11.5 Å². The molecule has 0 aliphatic carbocycles. The van der Waals surface area contributed by atoms with Crippen LogP contribution in [0.15, 0.2) is 60.7 Å². The fourth-order valence-corrected chi connectivity index (χ4v) is 5.90. The zero-order valence-electron chi connectivity index (χ0n) is 22.5. The second-order valence-corrected chi connectivity index (χ2v) is 10.5. The summed E-state index contributed by atoms with van der Waals surface area (Å²) < 4.78 is 7.58. The molecule has 4 N–H and O–H groups in total. The molecule has 8 nitrogen and oxygen atoms in total. The topological polar surface area (TPSA) is 116 Å².